The summed E-state index contributed by atoms with van der Waals surface area (Å²) in [5.74, 6) is 0.959. The molecule has 0 amide bonds. The minimum Gasteiger partial charge on any atom is -0.354 e. The summed E-state index contributed by atoms with van der Waals surface area (Å²) in [5, 5.41) is 17.3. The van der Waals surface area contributed by atoms with Gasteiger partial charge in [0, 0.05) is 31.9 Å². The second-order valence-electron chi connectivity index (χ2n) is 6.70. The van der Waals surface area contributed by atoms with Crippen molar-refractivity contribution in [3.05, 3.63) is 60.6 Å². The fraction of sp³-hybridized carbons (Fsp3) is 0.368. The van der Waals surface area contributed by atoms with Crippen LogP contribution in [0.15, 0.2) is 54.9 Å². The number of likely N-dealkylation sites (N-methyl/N-ethyl adjacent to an activating group) is 1. The van der Waals surface area contributed by atoms with Gasteiger partial charge < -0.3 is 4.90 Å². The Kier molecular flexibility index (Phi) is 4.88. The lowest BCUT2D eigenvalue weighted by Crippen LogP contribution is -2.46. The third-order valence-electron chi connectivity index (χ3n) is 4.84. The number of piperidine rings is 1. The summed E-state index contributed by atoms with van der Waals surface area (Å²) in [4.78, 5) is 6.37. The highest BCUT2D eigenvalue weighted by Crippen LogP contribution is 2.20. The normalized spacial score (nSPS) is 17.6. The highest BCUT2D eigenvalue weighted by atomic mass is 15.5. The number of rotatable bonds is 5. The van der Waals surface area contributed by atoms with Crippen LogP contribution in [0.5, 0.6) is 0 Å². The van der Waals surface area contributed by atoms with Crippen LogP contribution < -0.4 is 4.90 Å². The van der Waals surface area contributed by atoms with Crippen LogP contribution in [0.3, 0.4) is 0 Å². The van der Waals surface area contributed by atoms with E-state index in [2.05, 4.69) is 37.2 Å². The molecule has 0 N–H and O–H groups in total. The van der Waals surface area contributed by atoms with E-state index >= 15 is 0 Å². The SMILES string of the molecule is CN(Cc1cnn(-c2ccccc2)n1)[C@H]1CCCN(c2cccnn2)C1. The van der Waals surface area contributed by atoms with Crippen LogP contribution in [0.4, 0.5) is 5.82 Å². The molecule has 1 atom stereocenters. The lowest BCUT2D eigenvalue weighted by atomic mass is 10.0. The molecule has 0 saturated carbocycles. The van der Waals surface area contributed by atoms with E-state index in [0.29, 0.717) is 6.04 Å². The lowest BCUT2D eigenvalue weighted by molar-refractivity contribution is 0.205. The fourth-order valence-electron chi connectivity index (χ4n) is 3.42. The molecule has 3 heterocycles. The number of benzene rings is 1. The van der Waals surface area contributed by atoms with Crippen LogP contribution in [-0.2, 0) is 6.54 Å². The molecule has 1 aliphatic heterocycles. The summed E-state index contributed by atoms with van der Waals surface area (Å²) in [6, 6.07) is 14.4. The van der Waals surface area contributed by atoms with Crippen molar-refractivity contribution < 1.29 is 0 Å². The van der Waals surface area contributed by atoms with Gasteiger partial charge in [0.15, 0.2) is 5.82 Å². The van der Waals surface area contributed by atoms with Crippen LogP contribution in [-0.4, -0.2) is 56.3 Å². The highest BCUT2D eigenvalue weighted by Gasteiger charge is 2.24. The third kappa shape index (κ3) is 3.72. The minimum absolute atomic E-state index is 0.465. The Bertz CT molecular complexity index is 818. The van der Waals surface area contributed by atoms with Crippen molar-refractivity contribution in [3.8, 4) is 5.69 Å². The second kappa shape index (κ2) is 7.61. The number of nitrogens with zero attached hydrogens (tertiary/aromatic N) is 7. The molecule has 134 valence electrons. The molecule has 0 bridgehead atoms. The first-order valence-electron chi connectivity index (χ1n) is 8.99. The van der Waals surface area contributed by atoms with Crippen molar-refractivity contribution >= 4 is 5.82 Å². The molecule has 7 nitrogen and oxygen atoms in total. The summed E-state index contributed by atoms with van der Waals surface area (Å²) in [7, 11) is 2.16. The molecule has 1 aliphatic rings. The zero-order valence-electron chi connectivity index (χ0n) is 14.9. The Morgan fingerprint density at radius 1 is 1.15 bits per heavy atom. The van der Waals surface area contributed by atoms with Crippen LogP contribution in [0.2, 0.25) is 0 Å². The van der Waals surface area contributed by atoms with Gasteiger partial charge in [-0.3, -0.25) is 4.90 Å². The first-order chi connectivity index (χ1) is 12.8. The Hall–Kier alpha value is -2.80. The third-order valence-corrected chi connectivity index (χ3v) is 4.84. The molecule has 3 aromatic rings. The van der Waals surface area contributed by atoms with Crippen LogP contribution in [0, 0.1) is 0 Å². The molecule has 1 fully saturated rings. The topological polar surface area (TPSA) is 63.0 Å². The number of anilines is 1. The molecule has 1 aromatic carbocycles. The lowest BCUT2D eigenvalue weighted by Gasteiger charge is -2.37. The van der Waals surface area contributed by atoms with Crippen LogP contribution in [0.25, 0.3) is 5.69 Å². The molecule has 4 rings (SSSR count). The van der Waals surface area contributed by atoms with Crippen molar-refractivity contribution in [2.45, 2.75) is 25.4 Å². The monoisotopic (exact) mass is 349 g/mol. The van der Waals surface area contributed by atoms with Crippen molar-refractivity contribution in [2.75, 3.05) is 25.0 Å². The maximum absolute atomic E-state index is 4.62. The number of para-hydroxylation sites is 1. The van der Waals surface area contributed by atoms with Gasteiger partial charge in [-0.15, -0.1) is 5.10 Å². The second-order valence-corrected chi connectivity index (χ2v) is 6.70. The Labute approximate surface area is 153 Å². The standard InChI is InChI=1S/C19H23N7/c1-24(14-16-13-21-26(23-16)17-7-3-2-4-8-17)18-9-6-12-25(15-18)19-10-5-11-20-22-19/h2-5,7-8,10-11,13,18H,6,9,12,14-15H2,1H3/t18-/m0/s1. The van der Waals surface area contributed by atoms with Gasteiger partial charge in [0.25, 0.3) is 0 Å². The first-order valence-corrected chi connectivity index (χ1v) is 8.99. The maximum atomic E-state index is 4.62. The van der Waals surface area contributed by atoms with Crippen LogP contribution in [0.1, 0.15) is 18.5 Å². The Balaban J connectivity index is 1.40. The molecule has 0 unspecified atom stereocenters. The van der Waals surface area contributed by atoms with E-state index in [-0.39, 0.29) is 0 Å². The average molecular weight is 349 g/mol. The first kappa shape index (κ1) is 16.7. The van der Waals surface area contributed by atoms with E-state index in [4.69, 9.17) is 0 Å². The van der Waals surface area contributed by atoms with Gasteiger partial charge in [0.05, 0.1) is 17.6 Å². The van der Waals surface area contributed by atoms with Gasteiger partial charge in [-0.1, -0.05) is 18.2 Å². The van der Waals surface area contributed by atoms with E-state index < -0.39 is 0 Å². The number of hydrogen-bond acceptors (Lipinski definition) is 6. The predicted molar refractivity (Wildman–Crippen MR) is 100 cm³/mol. The van der Waals surface area contributed by atoms with Gasteiger partial charge in [-0.05, 0) is 44.2 Å². The molecule has 26 heavy (non-hydrogen) atoms. The minimum atomic E-state index is 0.465. The Morgan fingerprint density at radius 2 is 2.04 bits per heavy atom. The molecule has 2 aromatic heterocycles. The average Bonchev–Trinajstić information content (AvgIpc) is 3.18. The van der Waals surface area contributed by atoms with Gasteiger partial charge in [0.2, 0.25) is 0 Å². The van der Waals surface area contributed by atoms with E-state index in [1.165, 1.54) is 6.42 Å². The Morgan fingerprint density at radius 3 is 2.85 bits per heavy atom. The molecule has 0 radical (unpaired) electrons. The van der Waals surface area contributed by atoms with E-state index in [1.54, 1.807) is 11.0 Å². The van der Waals surface area contributed by atoms with Crippen molar-refractivity contribution in [1.29, 1.82) is 0 Å². The van der Waals surface area contributed by atoms with Gasteiger partial charge in [-0.2, -0.15) is 20.1 Å². The molecular formula is C19H23N7. The van der Waals surface area contributed by atoms with Crippen molar-refractivity contribution in [3.63, 3.8) is 0 Å². The molecule has 7 heteroatoms. The molecule has 0 aliphatic carbocycles. The highest BCUT2D eigenvalue weighted by molar-refractivity contribution is 5.37. The van der Waals surface area contributed by atoms with Crippen molar-refractivity contribution in [1.82, 2.24) is 30.1 Å². The molecular weight excluding hydrogens is 326 g/mol. The van der Waals surface area contributed by atoms with E-state index in [1.807, 2.05) is 48.7 Å². The summed E-state index contributed by atoms with van der Waals surface area (Å²) in [6.45, 7) is 2.78. The zero-order valence-corrected chi connectivity index (χ0v) is 14.9. The van der Waals surface area contributed by atoms with Gasteiger partial charge in [-0.25, -0.2) is 0 Å². The predicted octanol–water partition coefficient (Wildman–Crippen LogP) is 2.16. The number of aromatic nitrogens is 5. The summed E-state index contributed by atoms with van der Waals surface area (Å²) in [5.41, 5.74) is 1.96. The number of hydrogen-bond donors (Lipinski definition) is 0. The van der Waals surface area contributed by atoms with Crippen molar-refractivity contribution in [2.24, 2.45) is 0 Å². The summed E-state index contributed by atoms with van der Waals surface area (Å²) >= 11 is 0. The summed E-state index contributed by atoms with van der Waals surface area (Å²) < 4.78 is 0. The fourth-order valence-corrected chi connectivity index (χ4v) is 3.42. The maximum Gasteiger partial charge on any atom is 0.151 e. The van der Waals surface area contributed by atoms with Gasteiger partial charge in [0.1, 0.15) is 0 Å². The van der Waals surface area contributed by atoms with Crippen LogP contribution >= 0.6 is 0 Å². The molecule has 1 saturated heterocycles. The molecule has 0 spiro atoms. The van der Waals surface area contributed by atoms with Gasteiger partial charge >= 0.3 is 0 Å². The quantitative estimate of drug-likeness (QED) is 0.703. The van der Waals surface area contributed by atoms with E-state index in [9.17, 15) is 0 Å². The largest absolute Gasteiger partial charge is 0.354 e. The zero-order chi connectivity index (χ0) is 17.8. The smallest absolute Gasteiger partial charge is 0.151 e. The summed E-state index contributed by atoms with van der Waals surface area (Å²) in [6.07, 6.45) is 5.91. The van der Waals surface area contributed by atoms with E-state index in [0.717, 1.165) is 43.3 Å².